The molecule has 3 saturated heterocycles. The first kappa shape index (κ1) is 62.2. The van der Waals surface area contributed by atoms with Gasteiger partial charge >= 0.3 is 17.9 Å². The number of fused-ring (bicyclic) bond motifs is 7. The summed E-state index contributed by atoms with van der Waals surface area (Å²) in [5.74, 6) is -3.88. The lowest BCUT2D eigenvalue weighted by molar-refractivity contribution is -0.392. The van der Waals surface area contributed by atoms with Crippen LogP contribution in [-0.4, -0.2) is 227 Å². The first-order valence-corrected chi connectivity index (χ1v) is 27.7. The molecule has 7 fully saturated rings. The van der Waals surface area contributed by atoms with E-state index in [0.29, 0.717) is 37.7 Å². The van der Waals surface area contributed by atoms with Gasteiger partial charge in [0.05, 0.1) is 44.1 Å². The van der Waals surface area contributed by atoms with E-state index >= 15 is 0 Å². The van der Waals surface area contributed by atoms with Gasteiger partial charge in [0.25, 0.3) is 0 Å². The van der Waals surface area contributed by atoms with Gasteiger partial charge in [0.15, 0.2) is 25.0 Å². The highest BCUT2D eigenvalue weighted by Crippen LogP contribution is 2.76. The maximum absolute atomic E-state index is 13.4. The summed E-state index contributed by atoms with van der Waals surface area (Å²) in [5.41, 5.74) is -3.78. The van der Waals surface area contributed by atoms with Crippen molar-refractivity contribution in [3.05, 3.63) is 23.3 Å². The van der Waals surface area contributed by atoms with E-state index in [1.165, 1.54) is 6.92 Å². The highest BCUT2D eigenvalue weighted by molar-refractivity contribution is 5.87. The van der Waals surface area contributed by atoms with Crippen molar-refractivity contribution in [2.24, 2.45) is 50.2 Å². The van der Waals surface area contributed by atoms with Gasteiger partial charge in [-0.15, -0.1) is 0 Å². The normalized spacial score (nSPS) is 50.6. The van der Waals surface area contributed by atoms with Crippen molar-refractivity contribution in [1.29, 1.82) is 0 Å². The van der Waals surface area contributed by atoms with Gasteiger partial charge in [-0.3, -0.25) is 4.79 Å². The van der Waals surface area contributed by atoms with E-state index in [2.05, 4.69) is 26.8 Å². The fourth-order valence-electron chi connectivity index (χ4n) is 16.2. The van der Waals surface area contributed by atoms with Gasteiger partial charge in [0, 0.05) is 23.3 Å². The minimum Gasteiger partial charge on any atom is -0.479 e. The van der Waals surface area contributed by atoms with E-state index < -0.39 is 199 Å². The molecular weight excluding hydrogens is 1040 g/mol. The van der Waals surface area contributed by atoms with Gasteiger partial charge in [-0.05, 0) is 92.8 Å². The molecule has 450 valence electrons. The molecule has 27 atom stereocenters. The molecule has 0 aromatic rings. The Bertz CT molecular complexity index is 2290. The standard InChI is InChI=1S/C55H86O24/c1-10-23(2)46(71)79-43-44(72-24(3)60)55(22-59)26(17-50(43,4)5)25-11-12-30-51(6)15-14-32(52(7,21-58)29(51)13-16-53(30,8)54(25,9)18-31(55)61)75-49-41(77-48-38(67)36(65)34(63)28(20-57)74-48)39(68)40(42(78-49)45(69)70)76-47-37(66)35(64)33(62)27(19-56)73-47/h10-11,26-44,47-49,56-59,61-68H,12-22H2,1-9H3,(H,69,70)/b23-10+/t26-,27?,28?,29+,30-,31?,32?,33?,34?,35?,36?,37?,38?,39?,40?,41?,42?,43?,44?,47-,48-,49-,51+,52-,53+,54-,55-/m0/s1. The fraction of sp³-hybridized carbons (Fsp3) is 0.873. The van der Waals surface area contributed by atoms with E-state index in [0.717, 1.165) is 5.57 Å². The number of carboxylic acid groups (broad SMARTS) is 1. The van der Waals surface area contributed by atoms with Crippen molar-refractivity contribution in [3.63, 3.8) is 0 Å². The number of carbonyl (C=O) groups excluding carboxylic acids is 2. The number of carboxylic acids is 1. The van der Waals surface area contributed by atoms with Gasteiger partial charge in [-0.2, -0.15) is 0 Å². The SMILES string of the molecule is C/C=C(\C)C(=O)OC1C(OC(C)=O)[C@]2(CO)C(O)C[C@@]3(C)C(=CC[C@H]4[C@]5(C)CCC(O[C@H]6OC(C(=O)O)C(O[C@@H]7OC(CO)C(O)C(O)C7O)C(O)C6O[C@@H]6OC(CO)C(O)C(O)C6O)[C@@](C)(CO)[C@@H]5CC[C@]43C)[C@@H]2CC1(C)C. The molecule has 3 heterocycles. The van der Waals surface area contributed by atoms with Crippen LogP contribution in [0.4, 0.5) is 0 Å². The minimum atomic E-state index is -2.18. The molecule has 24 nitrogen and oxygen atoms in total. The summed E-state index contributed by atoms with van der Waals surface area (Å²) in [6.07, 6.45) is -26.5. The quantitative estimate of drug-likeness (QED) is 0.0415. The van der Waals surface area contributed by atoms with Gasteiger partial charge < -0.3 is 104 Å². The van der Waals surface area contributed by atoms with Gasteiger partial charge in [-0.1, -0.05) is 59.3 Å². The molecule has 0 aromatic heterocycles. The van der Waals surface area contributed by atoms with Crippen molar-refractivity contribution in [2.45, 2.75) is 224 Å². The number of aliphatic carboxylic acids is 1. The Morgan fingerprint density at radius 2 is 1.24 bits per heavy atom. The van der Waals surface area contributed by atoms with E-state index in [9.17, 15) is 80.8 Å². The second-order valence-corrected chi connectivity index (χ2v) is 25.5. The Kier molecular flexibility index (Phi) is 17.8. The number of allylic oxidation sites excluding steroid dienone is 3. The third kappa shape index (κ3) is 9.94. The number of aliphatic hydroxyl groups excluding tert-OH is 12. The molecule has 13 N–H and O–H groups in total. The summed E-state index contributed by atoms with van der Waals surface area (Å²) in [5, 5.41) is 143. The molecule has 8 rings (SSSR count). The Labute approximate surface area is 459 Å². The maximum Gasteiger partial charge on any atom is 0.335 e. The van der Waals surface area contributed by atoms with Crippen molar-refractivity contribution in [2.75, 3.05) is 26.4 Å². The Morgan fingerprint density at radius 3 is 1.76 bits per heavy atom. The van der Waals surface area contributed by atoms with Crippen LogP contribution < -0.4 is 0 Å². The van der Waals surface area contributed by atoms with Crippen molar-refractivity contribution < 1.29 is 119 Å². The Hall–Kier alpha value is -2.83. The van der Waals surface area contributed by atoms with Gasteiger partial charge in [0.2, 0.25) is 0 Å². The summed E-state index contributed by atoms with van der Waals surface area (Å²) < 4.78 is 48.2. The second-order valence-electron chi connectivity index (χ2n) is 25.5. The van der Waals surface area contributed by atoms with E-state index in [1.807, 2.05) is 20.8 Å². The summed E-state index contributed by atoms with van der Waals surface area (Å²) in [6.45, 7) is 14.1. The molecule has 0 aromatic carbocycles. The molecule has 0 radical (unpaired) electrons. The van der Waals surface area contributed by atoms with Crippen LogP contribution in [0.15, 0.2) is 23.3 Å². The van der Waals surface area contributed by atoms with Crippen LogP contribution in [-0.2, 0) is 52.3 Å². The number of hydrogen-bond donors (Lipinski definition) is 13. The average Bonchev–Trinajstić information content (AvgIpc) is 3.29. The van der Waals surface area contributed by atoms with E-state index in [4.69, 9.17) is 37.9 Å². The monoisotopic (exact) mass is 1130 g/mol. The van der Waals surface area contributed by atoms with Gasteiger partial charge in [-0.25, -0.2) is 9.59 Å². The van der Waals surface area contributed by atoms with Gasteiger partial charge in [0.1, 0.15) is 79.4 Å². The summed E-state index contributed by atoms with van der Waals surface area (Å²) in [7, 11) is 0. The number of carbonyl (C=O) groups is 3. The topological polar surface area (TPSA) is 388 Å². The van der Waals surface area contributed by atoms with E-state index in [-0.39, 0.29) is 24.7 Å². The summed E-state index contributed by atoms with van der Waals surface area (Å²) in [4.78, 5) is 39.5. The number of ether oxygens (including phenoxy) is 8. The van der Waals surface area contributed by atoms with Crippen LogP contribution in [0.2, 0.25) is 0 Å². The lowest BCUT2D eigenvalue weighted by atomic mass is 9.33. The lowest BCUT2D eigenvalue weighted by Crippen LogP contribution is -2.72. The zero-order valence-electron chi connectivity index (χ0n) is 46.4. The van der Waals surface area contributed by atoms with Crippen LogP contribution in [0.1, 0.15) is 107 Å². The first-order valence-electron chi connectivity index (χ1n) is 27.7. The summed E-state index contributed by atoms with van der Waals surface area (Å²) in [6, 6.07) is 0. The third-order valence-corrected chi connectivity index (χ3v) is 21.1. The van der Waals surface area contributed by atoms with Crippen molar-refractivity contribution in [3.8, 4) is 0 Å². The molecule has 16 unspecified atom stereocenters. The molecule has 24 heteroatoms. The van der Waals surface area contributed by atoms with Crippen molar-refractivity contribution in [1.82, 2.24) is 0 Å². The third-order valence-electron chi connectivity index (χ3n) is 21.1. The Balaban J connectivity index is 1.12. The molecule has 0 amide bonds. The zero-order chi connectivity index (χ0) is 58.4. The number of aliphatic hydroxyl groups is 12. The van der Waals surface area contributed by atoms with Crippen LogP contribution in [0.25, 0.3) is 0 Å². The fourth-order valence-corrected chi connectivity index (χ4v) is 16.2. The molecule has 5 aliphatic carbocycles. The highest BCUT2D eigenvalue weighted by atomic mass is 16.8. The molecule has 8 aliphatic rings. The van der Waals surface area contributed by atoms with Crippen molar-refractivity contribution >= 4 is 17.9 Å². The summed E-state index contributed by atoms with van der Waals surface area (Å²) >= 11 is 0. The molecule has 0 spiro atoms. The molecule has 4 saturated carbocycles. The maximum atomic E-state index is 13.4. The average molecular weight is 1130 g/mol. The van der Waals surface area contributed by atoms with Crippen LogP contribution in [0, 0.1) is 50.2 Å². The number of rotatable bonds is 14. The first-order chi connectivity index (χ1) is 36.9. The molecular formula is C55H86O24. The smallest absolute Gasteiger partial charge is 0.335 e. The highest BCUT2D eigenvalue weighted by Gasteiger charge is 2.74. The predicted molar refractivity (Wildman–Crippen MR) is 269 cm³/mol. The molecule has 79 heavy (non-hydrogen) atoms. The number of hydrogen-bond acceptors (Lipinski definition) is 23. The molecule has 0 bridgehead atoms. The van der Waals surface area contributed by atoms with Crippen LogP contribution >= 0.6 is 0 Å². The number of esters is 2. The largest absolute Gasteiger partial charge is 0.479 e. The second kappa shape index (κ2) is 22.6. The van der Waals surface area contributed by atoms with Crippen LogP contribution in [0.5, 0.6) is 0 Å². The Morgan fingerprint density at radius 1 is 0.658 bits per heavy atom. The van der Waals surface area contributed by atoms with Crippen LogP contribution in [0.3, 0.4) is 0 Å². The zero-order valence-corrected chi connectivity index (χ0v) is 46.4. The lowest BCUT2D eigenvalue weighted by Gasteiger charge is -2.72. The predicted octanol–water partition coefficient (Wildman–Crippen LogP) is -1.32. The molecule has 3 aliphatic heterocycles. The van der Waals surface area contributed by atoms with E-state index in [1.54, 1.807) is 19.9 Å². The minimum absolute atomic E-state index is 0.0849.